The van der Waals surface area contributed by atoms with Gasteiger partial charge in [-0.1, -0.05) is 11.6 Å². The normalized spacial score (nSPS) is 31.3. The van der Waals surface area contributed by atoms with Crippen molar-refractivity contribution in [3.05, 3.63) is 20.8 Å². The highest BCUT2D eigenvalue weighted by Crippen LogP contribution is 2.49. The highest BCUT2D eigenvalue weighted by molar-refractivity contribution is 7.16. The average Bonchev–Trinajstić information content (AvgIpc) is 2.79. The summed E-state index contributed by atoms with van der Waals surface area (Å²) < 4.78 is 45.2. The zero-order chi connectivity index (χ0) is 17.0. The number of amides is 1. The predicted octanol–water partition coefficient (Wildman–Crippen LogP) is 4.13. The van der Waals surface area contributed by atoms with E-state index in [1.807, 2.05) is 6.07 Å². The lowest BCUT2D eigenvalue weighted by molar-refractivity contribution is -0.199. The van der Waals surface area contributed by atoms with Crippen LogP contribution in [0.1, 0.15) is 37.1 Å². The number of fused-ring (bicyclic) bond motifs is 2. The summed E-state index contributed by atoms with van der Waals surface area (Å²) in [6.45, 7) is 3.81. The largest absolute Gasteiger partial charge is 0.471 e. The van der Waals surface area contributed by atoms with Crippen LogP contribution in [0.25, 0.3) is 0 Å². The molecule has 0 bridgehead atoms. The Hall–Kier alpha value is -0.790. The molecule has 2 aliphatic rings. The number of rotatable bonds is 0. The van der Waals surface area contributed by atoms with Gasteiger partial charge in [0.15, 0.2) is 0 Å². The summed E-state index contributed by atoms with van der Waals surface area (Å²) in [5.74, 6) is -1.77. The molecule has 0 N–H and O–H groups in total. The molecule has 0 aliphatic carbocycles. The van der Waals surface area contributed by atoms with E-state index in [-0.39, 0.29) is 0 Å². The molecule has 1 aromatic rings. The minimum absolute atomic E-state index is 0.350. The smallest absolute Gasteiger partial charge is 0.369 e. The lowest BCUT2D eigenvalue weighted by Gasteiger charge is -2.50. The van der Waals surface area contributed by atoms with Gasteiger partial charge in [0.05, 0.1) is 10.9 Å². The van der Waals surface area contributed by atoms with E-state index in [4.69, 9.17) is 16.3 Å². The van der Waals surface area contributed by atoms with Gasteiger partial charge < -0.3 is 9.64 Å². The molecule has 3 rings (SSSR count). The molecule has 1 saturated heterocycles. The fourth-order valence-corrected chi connectivity index (χ4v) is 5.37. The van der Waals surface area contributed by atoms with Crippen molar-refractivity contribution < 1.29 is 22.7 Å². The first-order valence-corrected chi connectivity index (χ1v) is 8.65. The number of piperidine rings is 1. The lowest BCUT2D eigenvalue weighted by Crippen LogP contribution is -2.59. The molecule has 8 heteroatoms. The van der Waals surface area contributed by atoms with Gasteiger partial charge in [0.1, 0.15) is 5.60 Å². The van der Waals surface area contributed by atoms with E-state index < -0.39 is 29.8 Å². The van der Waals surface area contributed by atoms with Crippen LogP contribution in [0.2, 0.25) is 4.34 Å². The molecule has 0 aromatic carbocycles. The van der Waals surface area contributed by atoms with Crippen LogP contribution in [0.3, 0.4) is 0 Å². The topological polar surface area (TPSA) is 29.5 Å². The van der Waals surface area contributed by atoms with Gasteiger partial charge in [-0.25, -0.2) is 0 Å². The van der Waals surface area contributed by atoms with E-state index in [1.54, 1.807) is 13.8 Å². The van der Waals surface area contributed by atoms with Crippen molar-refractivity contribution in [1.29, 1.82) is 0 Å². The molecule has 0 radical (unpaired) electrons. The van der Waals surface area contributed by atoms with Crippen molar-refractivity contribution in [2.24, 2.45) is 0 Å². The highest BCUT2D eigenvalue weighted by Gasteiger charge is 2.53. The van der Waals surface area contributed by atoms with Crippen molar-refractivity contribution in [2.45, 2.75) is 57.0 Å². The summed E-state index contributed by atoms with van der Waals surface area (Å²) in [4.78, 5) is 13.7. The summed E-state index contributed by atoms with van der Waals surface area (Å²) in [7, 11) is 0. The molecule has 1 aromatic heterocycles. The molecule has 2 aliphatic heterocycles. The van der Waals surface area contributed by atoms with Crippen LogP contribution >= 0.6 is 22.9 Å². The number of thiophene rings is 1. The van der Waals surface area contributed by atoms with Crippen molar-refractivity contribution in [3.63, 3.8) is 0 Å². The SMILES string of the molecule is C[C@@H]1CC2(C[C@H](C)N1C(=O)C(F)(F)F)OCCc1cc(Cl)sc12. The van der Waals surface area contributed by atoms with Gasteiger partial charge in [-0.15, -0.1) is 11.3 Å². The minimum atomic E-state index is -4.85. The second-order valence-corrected chi connectivity index (χ2v) is 8.00. The van der Waals surface area contributed by atoms with Crippen molar-refractivity contribution in [3.8, 4) is 0 Å². The molecule has 3 atom stereocenters. The Morgan fingerprint density at radius 3 is 2.57 bits per heavy atom. The number of carbonyl (C=O) groups excluding carboxylic acids is 1. The van der Waals surface area contributed by atoms with Crippen LogP contribution in [0, 0.1) is 0 Å². The third kappa shape index (κ3) is 2.87. The monoisotopic (exact) mass is 367 g/mol. The summed E-state index contributed by atoms with van der Waals surface area (Å²) in [6.07, 6.45) is -3.39. The van der Waals surface area contributed by atoms with Gasteiger partial charge in [-0.3, -0.25) is 4.79 Å². The van der Waals surface area contributed by atoms with E-state index in [9.17, 15) is 18.0 Å². The number of ether oxygens (including phenoxy) is 1. The van der Waals surface area contributed by atoms with Crippen LogP contribution in [0.15, 0.2) is 6.07 Å². The molecule has 3 nitrogen and oxygen atoms in total. The van der Waals surface area contributed by atoms with Crippen molar-refractivity contribution in [1.82, 2.24) is 4.90 Å². The third-order valence-electron chi connectivity index (χ3n) is 4.62. The Balaban J connectivity index is 1.92. The quantitative estimate of drug-likeness (QED) is 0.690. The van der Waals surface area contributed by atoms with Gasteiger partial charge in [-0.2, -0.15) is 13.2 Å². The number of likely N-dealkylation sites (tertiary alicyclic amines) is 1. The number of halogens is 4. The predicted molar refractivity (Wildman–Crippen MR) is 81.7 cm³/mol. The second kappa shape index (κ2) is 5.63. The maximum absolute atomic E-state index is 12.8. The first-order valence-electron chi connectivity index (χ1n) is 7.46. The average molecular weight is 368 g/mol. The fraction of sp³-hybridized carbons (Fsp3) is 0.667. The van der Waals surface area contributed by atoms with Crippen LogP contribution in [-0.4, -0.2) is 35.7 Å². The Morgan fingerprint density at radius 2 is 2.00 bits per heavy atom. The van der Waals surface area contributed by atoms with E-state index >= 15 is 0 Å². The van der Waals surface area contributed by atoms with Crippen LogP contribution in [0.5, 0.6) is 0 Å². The second-order valence-electron chi connectivity index (χ2n) is 6.31. The summed E-state index contributed by atoms with van der Waals surface area (Å²) in [5, 5.41) is 0. The third-order valence-corrected chi connectivity index (χ3v) is 6.11. The van der Waals surface area contributed by atoms with E-state index in [0.29, 0.717) is 23.8 Å². The highest BCUT2D eigenvalue weighted by atomic mass is 35.5. The maximum Gasteiger partial charge on any atom is 0.471 e. The molecular formula is C15H17ClF3NO2S. The Bertz CT molecular complexity index is 619. The maximum atomic E-state index is 12.8. The van der Waals surface area contributed by atoms with E-state index in [2.05, 4.69) is 0 Å². The molecule has 1 unspecified atom stereocenters. The summed E-state index contributed by atoms with van der Waals surface area (Å²) in [6, 6.07) is 0.799. The molecule has 3 heterocycles. The van der Waals surface area contributed by atoms with E-state index in [0.717, 1.165) is 21.8 Å². The number of alkyl halides is 3. The van der Waals surface area contributed by atoms with Gasteiger partial charge in [0.25, 0.3) is 0 Å². The molecule has 128 valence electrons. The Morgan fingerprint density at radius 1 is 1.39 bits per heavy atom. The first kappa shape index (κ1) is 17.0. The Kier molecular flexibility index (Phi) is 4.18. The molecule has 1 fully saturated rings. The van der Waals surface area contributed by atoms with Crippen molar-refractivity contribution in [2.75, 3.05) is 6.61 Å². The number of hydrogen-bond donors (Lipinski definition) is 0. The Labute approximate surface area is 141 Å². The molecule has 1 spiro atoms. The van der Waals surface area contributed by atoms with Gasteiger partial charge in [-0.05, 0) is 31.9 Å². The standard InChI is InChI=1S/C15H17ClF3NO2S/c1-8-6-14(7-9(2)20(8)13(21)15(17,18)19)12-10(3-4-22-14)5-11(16)23-12/h5,8-9H,3-4,6-7H2,1-2H3/t8-,9+,14?. The molecule has 23 heavy (non-hydrogen) atoms. The number of carbonyl (C=O) groups is 1. The zero-order valence-corrected chi connectivity index (χ0v) is 14.3. The van der Waals surface area contributed by atoms with Crippen LogP contribution < -0.4 is 0 Å². The van der Waals surface area contributed by atoms with Gasteiger partial charge >= 0.3 is 12.1 Å². The molecular weight excluding hydrogens is 351 g/mol. The van der Waals surface area contributed by atoms with Gasteiger partial charge in [0, 0.05) is 29.8 Å². The van der Waals surface area contributed by atoms with E-state index in [1.165, 1.54) is 11.3 Å². The fourth-order valence-electron chi connectivity index (χ4n) is 3.91. The first-order chi connectivity index (χ1) is 10.6. The number of nitrogens with zero attached hydrogens (tertiary/aromatic N) is 1. The summed E-state index contributed by atoms with van der Waals surface area (Å²) in [5.41, 5.74) is 0.480. The lowest BCUT2D eigenvalue weighted by atomic mass is 9.79. The minimum Gasteiger partial charge on any atom is -0.369 e. The van der Waals surface area contributed by atoms with Crippen LogP contribution in [0.4, 0.5) is 13.2 Å². The number of hydrogen-bond acceptors (Lipinski definition) is 3. The summed E-state index contributed by atoms with van der Waals surface area (Å²) >= 11 is 7.54. The van der Waals surface area contributed by atoms with Crippen molar-refractivity contribution >= 4 is 28.8 Å². The zero-order valence-electron chi connectivity index (χ0n) is 12.7. The van der Waals surface area contributed by atoms with Crippen LogP contribution in [-0.2, 0) is 21.6 Å². The van der Waals surface area contributed by atoms with Gasteiger partial charge in [0.2, 0.25) is 0 Å². The molecule has 1 amide bonds. The molecule has 0 saturated carbocycles.